The Bertz CT molecular complexity index is 728. The average Bonchev–Trinajstić information content (AvgIpc) is 3.04. The van der Waals surface area contributed by atoms with Crippen LogP contribution in [-0.4, -0.2) is 57.2 Å². The van der Waals surface area contributed by atoms with E-state index in [1.54, 1.807) is 18.6 Å². The zero-order chi connectivity index (χ0) is 17.1. The van der Waals surface area contributed by atoms with E-state index in [9.17, 15) is 4.79 Å². The normalized spacial score (nSPS) is 25.9. The van der Waals surface area contributed by atoms with E-state index in [4.69, 9.17) is 9.47 Å². The number of aromatic nitrogens is 3. The Balaban J connectivity index is 1.42. The lowest BCUT2D eigenvalue weighted by molar-refractivity contribution is -0.0454. The molecule has 7 heteroatoms. The van der Waals surface area contributed by atoms with Crippen molar-refractivity contribution in [1.29, 1.82) is 0 Å². The van der Waals surface area contributed by atoms with Gasteiger partial charge >= 0.3 is 0 Å². The first kappa shape index (κ1) is 16.0. The molecule has 1 amide bonds. The molecule has 0 aromatic carbocycles. The molecule has 2 saturated heterocycles. The van der Waals surface area contributed by atoms with E-state index in [0.29, 0.717) is 25.4 Å². The van der Waals surface area contributed by atoms with Gasteiger partial charge in [0.25, 0.3) is 5.91 Å². The zero-order valence-corrected chi connectivity index (χ0v) is 13.9. The van der Waals surface area contributed by atoms with E-state index in [2.05, 4.69) is 15.0 Å². The third kappa shape index (κ3) is 3.46. The molecule has 0 bridgehead atoms. The van der Waals surface area contributed by atoms with E-state index in [-0.39, 0.29) is 17.6 Å². The van der Waals surface area contributed by atoms with Gasteiger partial charge in [0.2, 0.25) is 0 Å². The highest BCUT2D eigenvalue weighted by atomic mass is 16.6. The molecule has 130 valence electrons. The lowest BCUT2D eigenvalue weighted by Crippen LogP contribution is -2.50. The van der Waals surface area contributed by atoms with Crippen molar-refractivity contribution in [3.05, 3.63) is 48.8 Å². The van der Waals surface area contributed by atoms with Crippen LogP contribution in [0.5, 0.6) is 5.75 Å². The fraction of sp³-hybridized carbons (Fsp3) is 0.444. The van der Waals surface area contributed by atoms with Crippen molar-refractivity contribution in [2.75, 3.05) is 19.7 Å². The first-order chi connectivity index (χ1) is 12.2. The topological polar surface area (TPSA) is 77.4 Å². The van der Waals surface area contributed by atoms with Gasteiger partial charge in [0.1, 0.15) is 17.5 Å². The van der Waals surface area contributed by atoms with Crippen molar-refractivity contribution < 1.29 is 14.3 Å². The summed E-state index contributed by atoms with van der Waals surface area (Å²) in [6, 6.07) is 3.74. The molecule has 0 saturated carbocycles. The van der Waals surface area contributed by atoms with Gasteiger partial charge in [-0.05, 0) is 25.0 Å². The molecule has 4 heterocycles. The van der Waals surface area contributed by atoms with Crippen LogP contribution in [0.4, 0.5) is 0 Å². The SMILES string of the molecule is O=C(c1cnccn1)N1CCC[C@@]2(C[C@H](Oc3cccnc3)CO2)C1. The van der Waals surface area contributed by atoms with Gasteiger partial charge in [0, 0.05) is 31.6 Å². The van der Waals surface area contributed by atoms with E-state index >= 15 is 0 Å². The minimum Gasteiger partial charge on any atom is -0.486 e. The van der Waals surface area contributed by atoms with Crippen molar-refractivity contribution in [1.82, 2.24) is 19.9 Å². The molecule has 0 N–H and O–H groups in total. The zero-order valence-electron chi connectivity index (χ0n) is 13.9. The molecule has 1 spiro atoms. The van der Waals surface area contributed by atoms with Gasteiger partial charge in [-0.2, -0.15) is 0 Å². The summed E-state index contributed by atoms with van der Waals surface area (Å²) in [5, 5.41) is 0. The van der Waals surface area contributed by atoms with Crippen molar-refractivity contribution in [2.24, 2.45) is 0 Å². The number of carbonyl (C=O) groups is 1. The number of amides is 1. The Labute approximate surface area is 146 Å². The molecule has 2 fully saturated rings. The van der Waals surface area contributed by atoms with Crippen LogP contribution in [-0.2, 0) is 4.74 Å². The number of likely N-dealkylation sites (tertiary alicyclic amines) is 1. The van der Waals surface area contributed by atoms with Crippen LogP contribution in [0.1, 0.15) is 29.8 Å². The third-order valence-corrected chi connectivity index (χ3v) is 4.72. The summed E-state index contributed by atoms with van der Waals surface area (Å²) >= 11 is 0. The Kier molecular flexibility index (Phi) is 4.31. The average molecular weight is 340 g/mol. The highest BCUT2D eigenvalue weighted by molar-refractivity contribution is 5.92. The van der Waals surface area contributed by atoms with Crippen LogP contribution in [0.15, 0.2) is 43.1 Å². The van der Waals surface area contributed by atoms with Gasteiger partial charge < -0.3 is 14.4 Å². The minimum absolute atomic E-state index is 0.0178. The lowest BCUT2D eigenvalue weighted by atomic mass is 9.89. The monoisotopic (exact) mass is 340 g/mol. The molecule has 0 unspecified atom stereocenters. The molecular formula is C18H20N4O3. The van der Waals surface area contributed by atoms with Crippen molar-refractivity contribution in [3.63, 3.8) is 0 Å². The molecular weight excluding hydrogens is 320 g/mol. The van der Waals surface area contributed by atoms with Crippen molar-refractivity contribution >= 4 is 5.91 Å². The minimum atomic E-state index is -0.330. The largest absolute Gasteiger partial charge is 0.486 e. The van der Waals surface area contributed by atoms with E-state index in [0.717, 1.165) is 25.0 Å². The summed E-state index contributed by atoms with van der Waals surface area (Å²) in [6.45, 7) is 1.81. The van der Waals surface area contributed by atoms with Crippen LogP contribution in [0, 0.1) is 0 Å². The Morgan fingerprint density at radius 3 is 3.00 bits per heavy atom. The number of nitrogens with zero attached hydrogens (tertiary/aromatic N) is 4. The number of pyridine rings is 1. The summed E-state index contributed by atoms with van der Waals surface area (Å²) in [4.78, 5) is 26.6. The molecule has 25 heavy (non-hydrogen) atoms. The maximum absolute atomic E-state index is 12.6. The van der Waals surface area contributed by atoms with Gasteiger partial charge in [0.05, 0.1) is 31.1 Å². The molecule has 2 atom stereocenters. The summed E-state index contributed by atoms with van der Waals surface area (Å²) < 4.78 is 12.1. The second-order valence-corrected chi connectivity index (χ2v) is 6.55. The summed E-state index contributed by atoms with van der Waals surface area (Å²) in [7, 11) is 0. The number of piperidine rings is 1. The predicted octanol–water partition coefficient (Wildman–Crippen LogP) is 1.71. The maximum atomic E-state index is 12.6. The summed E-state index contributed by atoms with van der Waals surface area (Å²) in [5.41, 5.74) is 0.0453. The first-order valence-corrected chi connectivity index (χ1v) is 8.50. The quantitative estimate of drug-likeness (QED) is 0.847. The Hall–Kier alpha value is -2.54. The first-order valence-electron chi connectivity index (χ1n) is 8.50. The van der Waals surface area contributed by atoms with Gasteiger partial charge in [-0.3, -0.25) is 14.8 Å². The molecule has 0 radical (unpaired) electrons. The second kappa shape index (κ2) is 6.76. The highest BCUT2D eigenvalue weighted by Gasteiger charge is 2.45. The van der Waals surface area contributed by atoms with E-state index in [1.807, 2.05) is 17.0 Å². The molecule has 7 nitrogen and oxygen atoms in total. The third-order valence-electron chi connectivity index (χ3n) is 4.72. The van der Waals surface area contributed by atoms with E-state index in [1.165, 1.54) is 12.4 Å². The second-order valence-electron chi connectivity index (χ2n) is 6.55. The highest BCUT2D eigenvalue weighted by Crippen LogP contribution is 2.36. The van der Waals surface area contributed by atoms with Crippen LogP contribution >= 0.6 is 0 Å². The van der Waals surface area contributed by atoms with Gasteiger partial charge in [-0.25, -0.2) is 4.98 Å². The number of rotatable bonds is 3. The summed E-state index contributed by atoms with van der Waals surface area (Å²) in [5.74, 6) is 0.656. The molecule has 2 aliphatic heterocycles. The fourth-order valence-electron chi connectivity index (χ4n) is 3.61. The van der Waals surface area contributed by atoms with Crippen molar-refractivity contribution in [3.8, 4) is 5.75 Å². The molecule has 2 aromatic rings. The lowest BCUT2D eigenvalue weighted by Gasteiger charge is -2.39. The van der Waals surface area contributed by atoms with Crippen molar-refractivity contribution in [2.45, 2.75) is 31.0 Å². The predicted molar refractivity (Wildman–Crippen MR) is 89.1 cm³/mol. The smallest absolute Gasteiger partial charge is 0.274 e. The Morgan fingerprint density at radius 2 is 2.20 bits per heavy atom. The number of hydrogen-bond acceptors (Lipinski definition) is 6. The van der Waals surface area contributed by atoms with Gasteiger partial charge in [0.15, 0.2) is 0 Å². The van der Waals surface area contributed by atoms with Gasteiger partial charge in [-0.15, -0.1) is 0 Å². The number of carbonyl (C=O) groups excluding carboxylic acids is 1. The number of hydrogen-bond donors (Lipinski definition) is 0. The molecule has 0 aliphatic carbocycles. The van der Waals surface area contributed by atoms with Crippen LogP contribution in [0.25, 0.3) is 0 Å². The summed E-state index contributed by atoms with van der Waals surface area (Å²) in [6.07, 6.45) is 10.6. The van der Waals surface area contributed by atoms with Gasteiger partial charge in [-0.1, -0.05) is 0 Å². The van der Waals surface area contributed by atoms with Crippen LogP contribution in [0.3, 0.4) is 0 Å². The van der Waals surface area contributed by atoms with E-state index < -0.39 is 0 Å². The van der Waals surface area contributed by atoms with Crippen LogP contribution < -0.4 is 4.74 Å². The van der Waals surface area contributed by atoms with Crippen LogP contribution in [0.2, 0.25) is 0 Å². The molecule has 2 aliphatic rings. The standard InChI is InChI=1S/C18H20N4O3/c23-17(16-11-20-6-7-21-16)22-8-2-4-18(13-22)9-15(12-24-18)25-14-3-1-5-19-10-14/h1,3,5-7,10-11,15H,2,4,8-9,12-13H2/t15-,18+/m0/s1. The molecule has 4 rings (SSSR count). The maximum Gasteiger partial charge on any atom is 0.274 e. The fourth-order valence-corrected chi connectivity index (χ4v) is 3.61. The molecule has 2 aromatic heterocycles. The Morgan fingerprint density at radius 1 is 1.28 bits per heavy atom. The number of ether oxygens (including phenoxy) is 2.